The van der Waals surface area contributed by atoms with Crippen molar-refractivity contribution >= 4 is 11.6 Å². The van der Waals surface area contributed by atoms with E-state index in [4.69, 9.17) is 0 Å². The number of benzene rings is 2. The molecule has 0 saturated carbocycles. The van der Waals surface area contributed by atoms with Crippen LogP contribution in [0.4, 0.5) is 5.69 Å². The van der Waals surface area contributed by atoms with Crippen molar-refractivity contribution in [3.8, 4) is 0 Å². The summed E-state index contributed by atoms with van der Waals surface area (Å²) >= 11 is 0. The Hall–Kier alpha value is -3.21. The van der Waals surface area contributed by atoms with Crippen molar-refractivity contribution in [3.05, 3.63) is 92.4 Å². The summed E-state index contributed by atoms with van der Waals surface area (Å²) in [6, 6.07) is 15.5. The molecule has 3 aromatic rings. The topological polar surface area (TPSA) is 74.8 Å². The Kier molecular flexibility index (Phi) is 5.56. The zero-order chi connectivity index (χ0) is 20.2. The second kappa shape index (κ2) is 8.43. The maximum atomic E-state index is 12.7. The number of hydrogen-bond acceptors (Lipinski definition) is 3. The summed E-state index contributed by atoms with van der Waals surface area (Å²) < 4.78 is 0. The van der Waals surface area contributed by atoms with Gasteiger partial charge in [0.15, 0.2) is 0 Å². The number of carbonyl (C=O) groups excluding carboxylic acids is 1. The minimum absolute atomic E-state index is 0.0642. The van der Waals surface area contributed by atoms with Crippen LogP contribution in [0.25, 0.3) is 0 Å². The fraction of sp³-hybridized carbons (Fsp3) is 0.292. The molecule has 5 heteroatoms. The maximum absolute atomic E-state index is 12.7. The summed E-state index contributed by atoms with van der Waals surface area (Å²) in [7, 11) is 0. The van der Waals surface area contributed by atoms with Gasteiger partial charge in [-0.3, -0.25) is 9.59 Å². The number of aromatic amines is 1. The Morgan fingerprint density at radius 3 is 2.55 bits per heavy atom. The van der Waals surface area contributed by atoms with Crippen molar-refractivity contribution in [1.29, 1.82) is 0 Å². The molecule has 4 rings (SSSR count). The number of aryl methyl sites for hydroxylation is 1. The van der Waals surface area contributed by atoms with Crippen molar-refractivity contribution in [2.24, 2.45) is 0 Å². The fourth-order valence-electron chi connectivity index (χ4n) is 3.92. The quantitative estimate of drug-likeness (QED) is 0.693. The Labute approximate surface area is 170 Å². The number of hydrogen-bond donors (Lipinski definition) is 2. The summed E-state index contributed by atoms with van der Waals surface area (Å²) in [5.74, 6) is -0.132. The summed E-state index contributed by atoms with van der Waals surface area (Å²) in [6.45, 7) is 2.10. The van der Waals surface area contributed by atoms with E-state index < -0.39 is 0 Å². The van der Waals surface area contributed by atoms with Crippen LogP contribution in [0.5, 0.6) is 0 Å². The minimum Gasteiger partial charge on any atom is -0.322 e. The van der Waals surface area contributed by atoms with Crippen LogP contribution >= 0.6 is 0 Å². The molecule has 5 nitrogen and oxygen atoms in total. The van der Waals surface area contributed by atoms with E-state index in [2.05, 4.69) is 22.4 Å². The minimum atomic E-state index is -0.132. The molecular weight excluding hydrogens is 362 g/mol. The Morgan fingerprint density at radius 2 is 1.79 bits per heavy atom. The van der Waals surface area contributed by atoms with Gasteiger partial charge in [0.2, 0.25) is 0 Å². The standard InChI is InChI=1S/C24H25N3O2/c1-2-16-10-12-19(13-11-16)25-23(28)18-7-5-6-17(14-18)15-22-20-8-3-4-9-21(20)24(29)27-26-22/h5-7,10-14H,2-4,8-9,15H2,1H3,(H,25,28)(H,27,29). The van der Waals surface area contributed by atoms with Crippen molar-refractivity contribution in [2.75, 3.05) is 5.32 Å². The van der Waals surface area contributed by atoms with Gasteiger partial charge >= 0.3 is 0 Å². The zero-order valence-electron chi connectivity index (χ0n) is 16.6. The largest absolute Gasteiger partial charge is 0.322 e. The molecule has 1 amide bonds. The summed E-state index contributed by atoms with van der Waals surface area (Å²) in [5.41, 5.74) is 6.46. The van der Waals surface area contributed by atoms with Gasteiger partial charge in [0.25, 0.3) is 11.5 Å². The van der Waals surface area contributed by atoms with Gasteiger partial charge in [-0.05, 0) is 73.1 Å². The van der Waals surface area contributed by atoms with Crippen LogP contribution < -0.4 is 10.9 Å². The predicted octanol–water partition coefficient (Wildman–Crippen LogP) is 4.05. The van der Waals surface area contributed by atoms with Gasteiger partial charge in [0.05, 0.1) is 5.69 Å². The number of nitrogens with one attached hydrogen (secondary N) is 2. The highest BCUT2D eigenvalue weighted by Crippen LogP contribution is 2.22. The molecule has 1 aliphatic carbocycles. The van der Waals surface area contributed by atoms with E-state index in [0.29, 0.717) is 12.0 Å². The highest BCUT2D eigenvalue weighted by molar-refractivity contribution is 6.04. The molecule has 1 heterocycles. The highest BCUT2D eigenvalue weighted by Gasteiger charge is 2.18. The second-order valence-electron chi connectivity index (χ2n) is 7.55. The van der Waals surface area contributed by atoms with Gasteiger partial charge < -0.3 is 5.32 Å². The van der Waals surface area contributed by atoms with Crippen molar-refractivity contribution in [2.45, 2.75) is 45.4 Å². The Balaban J connectivity index is 1.53. The monoisotopic (exact) mass is 387 g/mol. The molecule has 0 fully saturated rings. The first-order valence-electron chi connectivity index (χ1n) is 10.2. The SMILES string of the molecule is CCc1ccc(NC(=O)c2cccc(Cc3n[nH]c(=O)c4c3CCCC4)c2)cc1. The van der Waals surface area contributed by atoms with Gasteiger partial charge in [-0.1, -0.05) is 31.2 Å². The first kappa shape index (κ1) is 19.1. The van der Waals surface area contributed by atoms with Crippen LogP contribution in [0, 0.1) is 0 Å². The number of nitrogens with zero attached hydrogens (tertiary/aromatic N) is 1. The van der Waals surface area contributed by atoms with Crippen molar-refractivity contribution in [1.82, 2.24) is 10.2 Å². The third-order valence-corrected chi connectivity index (χ3v) is 5.56. The first-order chi connectivity index (χ1) is 14.1. The number of anilines is 1. The molecule has 0 aliphatic heterocycles. The highest BCUT2D eigenvalue weighted by atomic mass is 16.1. The first-order valence-corrected chi connectivity index (χ1v) is 10.2. The molecule has 1 aliphatic rings. The van der Waals surface area contributed by atoms with Crippen LogP contribution in [0.15, 0.2) is 53.3 Å². The van der Waals surface area contributed by atoms with Crippen LogP contribution in [0.2, 0.25) is 0 Å². The molecule has 148 valence electrons. The van der Waals surface area contributed by atoms with Crippen molar-refractivity contribution in [3.63, 3.8) is 0 Å². The smallest absolute Gasteiger partial charge is 0.267 e. The normalized spacial score (nSPS) is 13.0. The molecule has 0 unspecified atom stereocenters. The molecule has 29 heavy (non-hydrogen) atoms. The van der Waals surface area contributed by atoms with Crippen LogP contribution in [0.1, 0.15) is 58.1 Å². The fourth-order valence-corrected chi connectivity index (χ4v) is 3.92. The Bertz CT molecular complexity index is 1080. The van der Waals surface area contributed by atoms with E-state index in [9.17, 15) is 9.59 Å². The zero-order valence-corrected chi connectivity index (χ0v) is 16.6. The summed E-state index contributed by atoms with van der Waals surface area (Å²) in [4.78, 5) is 24.7. The molecule has 2 aromatic carbocycles. The number of H-pyrrole nitrogens is 1. The number of fused-ring (bicyclic) bond motifs is 1. The lowest BCUT2D eigenvalue weighted by Crippen LogP contribution is -2.23. The molecular formula is C24H25N3O2. The maximum Gasteiger partial charge on any atom is 0.267 e. The van der Waals surface area contributed by atoms with E-state index in [1.54, 1.807) is 0 Å². The molecule has 1 aromatic heterocycles. The summed E-state index contributed by atoms with van der Waals surface area (Å²) in [5, 5.41) is 9.91. The van der Waals surface area contributed by atoms with E-state index in [1.165, 1.54) is 5.56 Å². The second-order valence-corrected chi connectivity index (χ2v) is 7.55. The predicted molar refractivity (Wildman–Crippen MR) is 115 cm³/mol. The molecule has 0 bridgehead atoms. The summed E-state index contributed by atoms with van der Waals surface area (Å²) in [6.07, 6.45) is 5.43. The van der Waals surface area contributed by atoms with Gasteiger partial charge in [0, 0.05) is 23.2 Å². The Morgan fingerprint density at radius 1 is 1.03 bits per heavy atom. The van der Waals surface area contributed by atoms with Gasteiger partial charge in [-0.2, -0.15) is 5.10 Å². The molecule has 0 atom stereocenters. The van der Waals surface area contributed by atoms with Crippen molar-refractivity contribution < 1.29 is 4.79 Å². The lowest BCUT2D eigenvalue weighted by Gasteiger charge is -2.17. The van der Waals surface area contributed by atoms with E-state index in [-0.39, 0.29) is 11.5 Å². The third-order valence-electron chi connectivity index (χ3n) is 5.56. The lowest BCUT2D eigenvalue weighted by atomic mass is 9.90. The van der Waals surface area contributed by atoms with E-state index in [0.717, 1.165) is 60.2 Å². The van der Waals surface area contributed by atoms with Crippen LogP contribution in [-0.2, 0) is 25.7 Å². The van der Waals surface area contributed by atoms with E-state index >= 15 is 0 Å². The number of carbonyl (C=O) groups is 1. The van der Waals surface area contributed by atoms with Gasteiger partial charge in [-0.15, -0.1) is 0 Å². The molecule has 0 saturated heterocycles. The van der Waals surface area contributed by atoms with Crippen LogP contribution in [0.3, 0.4) is 0 Å². The third kappa shape index (κ3) is 4.29. The van der Waals surface area contributed by atoms with E-state index in [1.807, 2.05) is 48.5 Å². The molecule has 0 radical (unpaired) electrons. The number of amides is 1. The lowest BCUT2D eigenvalue weighted by molar-refractivity contribution is 0.102. The number of aromatic nitrogens is 2. The average molecular weight is 387 g/mol. The van der Waals surface area contributed by atoms with Gasteiger partial charge in [-0.25, -0.2) is 5.10 Å². The van der Waals surface area contributed by atoms with Crippen LogP contribution in [-0.4, -0.2) is 16.1 Å². The molecule has 2 N–H and O–H groups in total. The molecule has 0 spiro atoms. The number of rotatable bonds is 5. The van der Waals surface area contributed by atoms with Gasteiger partial charge in [0.1, 0.15) is 0 Å². The average Bonchev–Trinajstić information content (AvgIpc) is 2.77.